The first-order chi connectivity index (χ1) is 14.4. The Kier molecular flexibility index (Phi) is 5.56. The molecule has 0 aliphatic carbocycles. The first-order valence-electron chi connectivity index (χ1n) is 9.48. The second-order valence-corrected chi connectivity index (χ2v) is 8.63. The van der Waals surface area contributed by atoms with Gasteiger partial charge in [-0.2, -0.15) is 0 Å². The molecule has 4 rings (SSSR count). The van der Waals surface area contributed by atoms with E-state index in [0.717, 1.165) is 12.8 Å². The van der Waals surface area contributed by atoms with Crippen molar-refractivity contribution in [3.63, 3.8) is 0 Å². The molecule has 3 aromatic rings. The topological polar surface area (TPSA) is 115 Å². The van der Waals surface area contributed by atoms with E-state index in [1.807, 2.05) is 0 Å². The molecule has 1 saturated heterocycles. The van der Waals surface area contributed by atoms with Crippen LogP contribution in [0.3, 0.4) is 0 Å². The second-order valence-electron chi connectivity index (χ2n) is 6.95. The molecule has 1 fully saturated rings. The van der Waals surface area contributed by atoms with Gasteiger partial charge in [0.25, 0.3) is 15.9 Å². The average Bonchev–Trinajstić information content (AvgIpc) is 3.25. The zero-order chi connectivity index (χ0) is 21.1. The summed E-state index contributed by atoms with van der Waals surface area (Å²) in [6, 6.07) is 13.3. The number of hydrogen-bond donors (Lipinski definition) is 2. The van der Waals surface area contributed by atoms with Gasteiger partial charge in [-0.05, 0) is 49.2 Å². The van der Waals surface area contributed by atoms with Crippen molar-refractivity contribution in [2.45, 2.75) is 23.8 Å². The van der Waals surface area contributed by atoms with Gasteiger partial charge in [-0.1, -0.05) is 12.1 Å². The number of carbonyl (C=O) groups is 1. The molecule has 2 heterocycles. The lowest BCUT2D eigenvalue weighted by atomic mass is 10.1. The molecule has 0 spiro atoms. The van der Waals surface area contributed by atoms with Crippen LogP contribution in [-0.2, 0) is 14.8 Å². The van der Waals surface area contributed by atoms with Gasteiger partial charge in [0.1, 0.15) is 5.58 Å². The number of hydrogen-bond acceptors (Lipinski definition) is 6. The molecule has 30 heavy (non-hydrogen) atoms. The Morgan fingerprint density at radius 3 is 2.73 bits per heavy atom. The minimum Gasteiger partial charge on any atom is -0.423 e. The summed E-state index contributed by atoms with van der Waals surface area (Å²) in [7, 11) is -3.98. The predicted octanol–water partition coefficient (Wildman–Crippen LogP) is 2.50. The summed E-state index contributed by atoms with van der Waals surface area (Å²) in [6.45, 7) is 1.06. The first kappa shape index (κ1) is 20.1. The Hall–Kier alpha value is -3.17. The quantitative estimate of drug-likeness (QED) is 0.583. The van der Waals surface area contributed by atoms with Crippen LogP contribution >= 0.6 is 0 Å². The van der Waals surface area contributed by atoms with Crippen LogP contribution in [0.2, 0.25) is 0 Å². The third-order valence-electron chi connectivity index (χ3n) is 4.83. The fraction of sp³-hybridized carbons (Fsp3) is 0.238. The maximum absolute atomic E-state index is 12.9. The SMILES string of the molecule is O=C(NCC1CCCO1)c1ccccc1NS(=O)(=O)c1ccc2oc(=O)ccc2c1. The van der Waals surface area contributed by atoms with Gasteiger partial charge in [-0.3, -0.25) is 9.52 Å². The number of anilines is 1. The third-order valence-corrected chi connectivity index (χ3v) is 6.19. The van der Waals surface area contributed by atoms with Gasteiger partial charge in [0, 0.05) is 24.6 Å². The van der Waals surface area contributed by atoms with Crippen LogP contribution in [-0.4, -0.2) is 33.6 Å². The molecule has 8 nitrogen and oxygen atoms in total. The molecule has 1 amide bonds. The van der Waals surface area contributed by atoms with Crippen molar-refractivity contribution in [1.29, 1.82) is 0 Å². The standard InChI is InChI=1S/C21H20N2O6S/c24-20-10-7-14-12-16(8-9-19(14)29-20)30(26,27)23-18-6-2-1-5-17(18)21(25)22-13-15-4-3-11-28-15/h1-2,5-10,12,15,23H,3-4,11,13H2,(H,22,25). The van der Waals surface area contributed by atoms with E-state index in [1.54, 1.807) is 18.2 Å². The molecular weight excluding hydrogens is 408 g/mol. The summed E-state index contributed by atoms with van der Waals surface area (Å²) >= 11 is 0. The molecular formula is C21H20N2O6S. The van der Waals surface area contributed by atoms with Crippen LogP contribution in [0.25, 0.3) is 11.0 Å². The van der Waals surface area contributed by atoms with Crippen molar-refractivity contribution in [3.8, 4) is 0 Å². The van der Waals surface area contributed by atoms with Crippen molar-refractivity contribution in [2.75, 3.05) is 17.9 Å². The summed E-state index contributed by atoms with van der Waals surface area (Å²) < 4.78 is 38.8. The van der Waals surface area contributed by atoms with Crippen LogP contribution in [0.5, 0.6) is 0 Å². The lowest BCUT2D eigenvalue weighted by molar-refractivity contribution is 0.0858. The van der Waals surface area contributed by atoms with E-state index in [2.05, 4.69) is 10.0 Å². The highest BCUT2D eigenvalue weighted by Gasteiger charge is 2.21. The van der Waals surface area contributed by atoms with Gasteiger partial charge >= 0.3 is 5.63 Å². The van der Waals surface area contributed by atoms with Gasteiger partial charge in [0.2, 0.25) is 0 Å². The smallest absolute Gasteiger partial charge is 0.336 e. The van der Waals surface area contributed by atoms with Crippen molar-refractivity contribution in [3.05, 3.63) is 70.6 Å². The first-order valence-corrected chi connectivity index (χ1v) is 11.0. The summed E-state index contributed by atoms with van der Waals surface area (Å²) in [6.07, 6.45) is 1.83. The summed E-state index contributed by atoms with van der Waals surface area (Å²) in [5.41, 5.74) is 0.155. The van der Waals surface area contributed by atoms with E-state index < -0.39 is 15.6 Å². The number of sulfonamides is 1. The van der Waals surface area contributed by atoms with Crippen molar-refractivity contribution >= 4 is 32.6 Å². The number of benzene rings is 2. The molecule has 1 aliphatic rings. The summed E-state index contributed by atoms with van der Waals surface area (Å²) in [5.74, 6) is -0.385. The molecule has 1 unspecified atom stereocenters. The molecule has 0 bridgehead atoms. The highest BCUT2D eigenvalue weighted by Crippen LogP contribution is 2.23. The Labute approximate surface area is 172 Å². The van der Waals surface area contributed by atoms with Crippen molar-refractivity contribution < 1.29 is 22.4 Å². The Morgan fingerprint density at radius 1 is 1.10 bits per heavy atom. The van der Waals surface area contributed by atoms with E-state index >= 15 is 0 Å². The number of fused-ring (bicyclic) bond motifs is 1. The van der Waals surface area contributed by atoms with Crippen LogP contribution < -0.4 is 15.7 Å². The van der Waals surface area contributed by atoms with E-state index in [0.29, 0.717) is 18.5 Å². The van der Waals surface area contributed by atoms with Crippen LogP contribution in [0.15, 0.2) is 68.7 Å². The van der Waals surface area contributed by atoms with E-state index in [4.69, 9.17) is 9.15 Å². The third kappa shape index (κ3) is 4.37. The van der Waals surface area contributed by atoms with E-state index in [1.165, 1.54) is 36.4 Å². The zero-order valence-electron chi connectivity index (χ0n) is 16.0. The molecule has 1 aromatic heterocycles. The number of carbonyl (C=O) groups excluding carboxylic acids is 1. The molecule has 1 atom stereocenters. The number of para-hydroxylation sites is 1. The predicted molar refractivity (Wildman–Crippen MR) is 111 cm³/mol. The fourth-order valence-corrected chi connectivity index (χ4v) is 4.41. The lowest BCUT2D eigenvalue weighted by Crippen LogP contribution is -2.32. The lowest BCUT2D eigenvalue weighted by Gasteiger charge is -2.14. The second kappa shape index (κ2) is 8.29. The van der Waals surface area contributed by atoms with Gasteiger partial charge in [0.15, 0.2) is 0 Å². The average molecular weight is 428 g/mol. The largest absolute Gasteiger partial charge is 0.423 e. The minimum absolute atomic E-state index is 0.0154. The molecule has 2 aromatic carbocycles. The Bertz CT molecular complexity index is 1250. The molecule has 156 valence electrons. The summed E-state index contributed by atoms with van der Waals surface area (Å²) in [5, 5.41) is 3.27. The van der Waals surface area contributed by atoms with Gasteiger partial charge in [-0.15, -0.1) is 0 Å². The van der Waals surface area contributed by atoms with Crippen molar-refractivity contribution in [1.82, 2.24) is 5.32 Å². The monoisotopic (exact) mass is 428 g/mol. The molecule has 9 heteroatoms. The van der Waals surface area contributed by atoms with Crippen LogP contribution in [0.1, 0.15) is 23.2 Å². The highest BCUT2D eigenvalue weighted by atomic mass is 32.2. The van der Waals surface area contributed by atoms with E-state index in [-0.39, 0.29) is 33.7 Å². The van der Waals surface area contributed by atoms with Gasteiger partial charge in [0.05, 0.1) is 22.3 Å². The molecule has 0 radical (unpaired) electrons. The highest BCUT2D eigenvalue weighted by molar-refractivity contribution is 7.92. The van der Waals surface area contributed by atoms with Crippen molar-refractivity contribution in [2.24, 2.45) is 0 Å². The maximum atomic E-state index is 12.9. The molecule has 0 saturated carbocycles. The Morgan fingerprint density at radius 2 is 1.93 bits per heavy atom. The van der Waals surface area contributed by atoms with E-state index in [9.17, 15) is 18.0 Å². The van der Waals surface area contributed by atoms with Crippen LogP contribution in [0, 0.1) is 0 Å². The minimum atomic E-state index is -3.98. The molecule has 1 aliphatic heterocycles. The summed E-state index contributed by atoms with van der Waals surface area (Å²) in [4.78, 5) is 23.9. The van der Waals surface area contributed by atoms with Crippen LogP contribution in [0.4, 0.5) is 5.69 Å². The number of nitrogens with one attached hydrogen (secondary N) is 2. The number of rotatable bonds is 6. The van der Waals surface area contributed by atoms with Gasteiger partial charge < -0.3 is 14.5 Å². The fourth-order valence-electron chi connectivity index (χ4n) is 3.30. The number of ether oxygens (including phenoxy) is 1. The Balaban J connectivity index is 1.56. The zero-order valence-corrected chi connectivity index (χ0v) is 16.8. The normalized spacial score (nSPS) is 16.5. The number of amides is 1. The molecule has 2 N–H and O–H groups in total. The van der Waals surface area contributed by atoms with Gasteiger partial charge in [-0.25, -0.2) is 13.2 Å². The maximum Gasteiger partial charge on any atom is 0.336 e.